The minimum atomic E-state index is 0.117. The highest BCUT2D eigenvalue weighted by molar-refractivity contribution is 5.97. The first kappa shape index (κ1) is 14.6. The molecule has 1 heterocycles. The van der Waals surface area contributed by atoms with Gasteiger partial charge in [0.2, 0.25) is 5.91 Å². The van der Waals surface area contributed by atoms with E-state index in [4.69, 9.17) is 10.5 Å². The number of hydrogen-bond donors (Lipinski definition) is 1. The van der Waals surface area contributed by atoms with Gasteiger partial charge in [0.1, 0.15) is 12.4 Å². The first-order valence-electron chi connectivity index (χ1n) is 7.54. The van der Waals surface area contributed by atoms with Gasteiger partial charge in [-0.25, -0.2) is 0 Å². The average Bonchev–Trinajstić information content (AvgIpc) is 2.95. The van der Waals surface area contributed by atoms with Crippen molar-refractivity contribution in [3.63, 3.8) is 0 Å². The maximum atomic E-state index is 12.2. The molecule has 0 aromatic heterocycles. The van der Waals surface area contributed by atoms with Crippen LogP contribution in [0.2, 0.25) is 0 Å². The van der Waals surface area contributed by atoms with E-state index in [0.29, 0.717) is 26.1 Å². The van der Waals surface area contributed by atoms with Crippen molar-refractivity contribution < 1.29 is 9.53 Å². The van der Waals surface area contributed by atoms with Crippen LogP contribution in [0, 0.1) is 5.92 Å². The molecule has 0 aliphatic carbocycles. The Kier molecular flexibility index (Phi) is 4.39. The summed E-state index contributed by atoms with van der Waals surface area (Å²) in [6.07, 6.45) is 0.517. The van der Waals surface area contributed by atoms with Crippen LogP contribution in [-0.4, -0.2) is 19.0 Å². The molecule has 2 aromatic carbocycles. The summed E-state index contributed by atoms with van der Waals surface area (Å²) in [5.74, 6) is 1.08. The number of nitrogens with zero attached hydrogens (tertiary/aromatic N) is 1. The second-order valence-corrected chi connectivity index (χ2v) is 5.55. The fraction of sp³-hybridized carbons (Fsp3) is 0.278. The third-order valence-corrected chi connectivity index (χ3v) is 3.93. The van der Waals surface area contributed by atoms with Crippen molar-refractivity contribution in [3.05, 3.63) is 60.2 Å². The number of para-hydroxylation sites is 2. The van der Waals surface area contributed by atoms with Crippen LogP contribution in [0.5, 0.6) is 5.75 Å². The fourth-order valence-corrected chi connectivity index (χ4v) is 2.71. The van der Waals surface area contributed by atoms with Crippen LogP contribution in [0.15, 0.2) is 54.6 Å². The van der Waals surface area contributed by atoms with Gasteiger partial charge in [0.15, 0.2) is 0 Å². The Morgan fingerprint density at radius 3 is 2.55 bits per heavy atom. The lowest BCUT2D eigenvalue weighted by Crippen LogP contribution is -2.26. The molecule has 2 aromatic rings. The van der Waals surface area contributed by atoms with E-state index in [-0.39, 0.29) is 11.8 Å². The molecule has 1 unspecified atom stereocenters. The molecule has 2 N–H and O–H groups in total. The van der Waals surface area contributed by atoms with Gasteiger partial charge in [0.25, 0.3) is 0 Å². The van der Waals surface area contributed by atoms with Gasteiger partial charge >= 0.3 is 0 Å². The van der Waals surface area contributed by atoms with Crippen molar-refractivity contribution in [1.82, 2.24) is 0 Å². The molecular formula is C18H20N2O2. The number of benzene rings is 2. The largest absolute Gasteiger partial charge is 0.487 e. The van der Waals surface area contributed by atoms with E-state index in [9.17, 15) is 4.79 Å². The zero-order valence-corrected chi connectivity index (χ0v) is 12.4. The maximum Gasteiger partial charge on any atom is 0.227 e. The first-order chi connectivity index (χ1) is 10.8. The maximum absolute atomic E-state index is 12.2. The molecule has 0 spiro atoms. The molecule has 1 saturated heterocycles. The van der Waals surface area contributed by atoms with Crippen molar-refractivity contribution in [2.75, 3.05) is 18.0 Å². The van der Waals surface area contributed by atoms with Crippen molar-refractivity contribution in [1.29, 1.82) is 0 Å². The Morgan fingerprint density at radius 2 is 1.82 bits per heavy atom. The minimum Gasteiger partial charge on any atom is -0.487 e. The van der Waals surface area contributed by atoms with Crippen molar-refractivity contribution >= 4 is 11.6 Å². The Balaban J connectivity index is 1.77. The van der Waals surface area contributed by atoms with Crippen LogP contribution >= 0.6 is 0 Å². The summed E-state index contributed by atoms with van der Waals surface area (Å²) >= 11 is 0. The monoisotopic (exact) mass is 296 g/mol. The van der Waals surface area contributed by atoms with E-state index < -0.39 is 0 Å². The summed E-state index contributed by atoms with van der Waals surface area (Å²) in [5, 5.41) is 0. The lowest BCUT2D eigenvalue weighted by molar-refractivity contribution is -0.117. The predicted molar refractivity (Wildman–Crippen MR) is 86.7 cm³/mol. The van der Waals surface area contributed by atoms with Gasteiger partial charge in [0, 0.05) is 13.0 Å². The number of carbonyl (C=O) groups excluding carboxylic acids is 1. The molecule has 4 heteroatoms. The highest BCUT2D eigenvalue weighted by Crippen LogP contribution is 2.33. The summed E-state index contributed by atoms with van der Waals surface area (Å²) in [7, 11) is 0. The zero-order chi connectivity index (χ0) is 15.4. The third-order valence-electron chi connectivity index (χ3n) is 3.93. The zero-order valence-electron chi connectivity index (χ0n) is 12.4. The Hall–Kier alpha value is -2.33. The molecule has 4 nitrogen and oxygen atoms in total. The highest BCUT2D eigenvalue weighted by atomic mass is 16.5. The van der Waals surface area contributed by atoms with Crippen LogP contribution in [0.4, 0.5) is 5.69 Å². The van der Waals surface area contributed by atoms with E-state index in [1.807, 2.05) is 54.6 Å². The van der Waals surface area contributed by atoms with Gasteiger partial charge in [0.05, 0.1) is 5.69 Å². The second kappa shape index (κ2) is 6.62. The normalized spacial score (nSPS) is 17.8. The van der Waals surface area contributed by atoms with Gasteiger partial charge in [-0.15, -0.1) is 0 Å². The summed E-state index contributed by atoms with van der Waals surface area (Å²) in [5.41, 5.74) is 7.63. The Morgan fingerprint density at radius 1 is 1.09 bits per heavy atom. The number of amides is 1. The quantitative estimate of drug-likeness (QED) is 0.922. The molecule has 0 radical (unpaired) electrons. The number of ether oxygens (including phenoxy) is 1. The molecule has 0 saturated carbocycles. The molecule has 1 fully saturated rings. The van der Waals surface area contributed by atoms with Crippen molar-refractivity contribution in [2.24, 2.45) is 11.7 Å². The number of carbonyl (C=O) groups is 1. The smallest absolute Gasteiger partial charge is 0.227 e. The molecule has 1 atom stereocenters. The lowest BCUT2D eigenvalue weighted by atomic mass is 10.1. The van der Waals surface area contributed by atoms with Crippen molar-refractivity contribution in [3.8, 4) is 5.75 Å². The molecule has 114 valence electrons. The number of nitrogens with two attached hydrogens (primary N) is 1. The lowest BCUT2D eigenvalue weighted by Gasteiger charge is -2.20. The standard InChI is InChI=1S/C18H20N2O2/c19-11-15-10-18(21)20(12-15)16-8-4-5-9-17(16)22-13-14-6-2-1-3-7-14/h1-9,15H,10-13,19H2. The summed E-state index contributed by atoms with van der Waals surface area (Å²) in [6, 6.07) is 17.7. The molecule has 22 heavy (non-hydrogen) atoms. The topological polar surface area (TPSA) is 55.6 Å². The summed E-state index contributed by atoms with van der Waals surface area (Å²) < 4.78 is 5.93. The first-order valence-corrected chi connectivity index (χ1v) is 7.54. The predicted octanol–water partition coefficient (Wildman–Crippen LogP) is 2.58. The van der Waals surface area contributed by atoms with Crippen LogP contribution in [0.3, 0.4) is 0 Å². The van der Waals surface area contributed by atoms with Gasteiger partial charge in [-0.05, 0) is 30.2 Å². The van der Waals surface area contributed by atoms with E-state index in [1.165, 1.54) is 0 Å². The van der Waals surface area contributed by atoms with Gasteiger partial charge in [-0.3, -0.25) is 4.79 Å². The highest BCUT2D eigenvalue weighted by Gasteiger charge is 2.31. The van der Waals surface area contributed by atoms with Crippen LogP contribution < -0.4 is 15.4 Å². The van der Waals surface area contributed by atoms with E-state index in [2.05, 4.69) is 0 Å². The van der Waals surface area contributed by atoms with Gasteiger partial charge < -0.3 is 15.4 Å². The molecule has 1 amide bonds. The molecule has 3 rings (SSSR count). The number of rotatable bonds is 5. The van der Waals surface area contributed by atoms with Crippen LogP contribution in [0.1, 0.15) is 12.0 Å². The van der Waals surface area contributed by atoms with E-state index in [1.54, 1.807) is 4.90 Å². The van der Waals surface area contributed by atoms with Crippen LogP contribution in [0.25, 0.3) is 0 Å². The molecule has 1 aliphatic rings. The molecule has 1 aliphatic heterocycles. The van der Waals surface area contributed by atoms with Gasteiger partial charge in [-0.1, -0.05) is 42.5 Å². The third kappa shape index (κ3) is 3.12. The fourth-order valence-electron chi connectivity index (χ4n) is 2.71. The van der Waals surface area contributed by atoms with Crippen LogP contribution in [-0.2, 0) is 11.4 Å². The second-order valence-electron chi connectivity index (χ2n) is 5.55. The summed E-state index contributed by atoms with van der Waals surface area (Å²) in [4.78, 5) is 14.0. The number of anilines is 1. The Labute approximate surface area is 130 Å². The average molecular weight is 296 g/mol. The molecule has 0 bridgehead atoms. The summed E-state index contributed by atoms with van der Waals surface area (Å²) in [6.45, 7) is 1.69. The van der Waals surface area contributed by atoms with E-state index in [0.717, 1.165) is 17.0 Å². The minimum absolute atomic E-state index is 0.117. The van der Waals surface area contributed by atoms with Gasteiger partial charge in [-0.2, -0.15) is 0 Å². The molecular weight excluding hydrogens is 276 g/mol. The van der Waals surface area contributed by atoms with Crippen molar-refractivity contribution in [2.45, 2.75) is 13.0 Å². The Bertz CT molecular complexity index is 643. The van der Waals surface area contributed by atoms with E-state index >= 15 is 0 Å². The number of hydrogen-bond acceptors (Lipinski definition) is 3. The SMILES string of the molecule is NCC1CC(=O)N(c2ccccc2OCc2ccccc2)C1.